The largest absolute Gasteiger partial charge is 0.490 e. The predicted octanol–water partition coefficient (Wildman–Crippen LogP) is 5.89. The lowest BCUT2D eigenvalue weighted by Crippen LogP contribution is -2.03. The summed E-state index contributed by atoms with van der Waals surface area (Å²) in [5, 5.41) is 3.44. The van der Waals surface area contributed by atoms with Crippen LogP contribution >= 0.6 is 0 Å². The van der Waals surface area contributed by atoms with E-state index in [-0.39, 0.29) is 0 Å². The van der Waals surface area contributed by atoms with Gasteiger partial charge in [-0.25, -0.2) is 0 Å². The number of aryl methyl sites for hydroxylation is 2. The molecule has 0 spiro atoms. The van der Waals surface area contributed by atoms with Crippen LogP contribution in [-0.4, -0.2) is 6.61 Å². The van der Waals surface area contributed by atoms with Crippen molar-refractivity contribution in [3.05, 3.63) is 89.0 Å². The molecule has 0 aliphatic heterocycles. The zero-order valence-corrected chi connectivity index (χ0v) is 16.3. The topological polar surface area (TPSA) is 30.5 Å². The molecule has 1 N–H and O–H groups in total. The Morgan fingerprint density at radius 3 is 2.30 bits per heavy atom. The minimum absolute atomic E-state index is 0.530. The number of ether oxygens (including phenoxy) is 2. The van der Waals surface area contributed by atoms with Crippen LogP contribution in [0.25, 0.3) is 0 Å². The fourth-order valence-electron chi connectivity index (χ4n) is 2.89. The maximum Gasteiger partial charge on any atom is 0.161 e. The third-order valence-corrected chi connectivity index (χ3v) is 4.33. The molecule has 0 heterocycles. The Hall–Kier alpha value is -2.94. The molecule has 0 atom stereocenters. The summed E-state index contributed by atoms with van der Waals surface area (Å²) in [6.45, 7) is 8.04. The van der Waals surface area contributed by atoms with Crippen LogP contribution in [0.3, 0.4) is 0 Å². The highest BCUT2D eigenvalue weighted by molar-refractivity contribution is 5.47. The monoisotopic (exact) mass is 361 g/mol. The van der Waals surface area contributed by atoms with Crippen LogP contribution in [0.4, 0.5) is 5.69 Å². The molecule has 0 radical (unpaired) electrons. The molecule has 0 bridgehead atoms. The summed E-state index contributed by atoms with van der Waals surface area (Å²) in [4.78, 5) is 0. The van der Waals surface area contributed by atoms with E-state index < -0.39 is 0 Å². The second-order valence-corrected chi connectivity index (χ2v) is 6.71. The molecule has 27 heavy (non-hydrogen) atoms. The summed E-state index contributed by atoms with van der Waals surface area (Å²) in [7, 11) is 0. The van der Waals surface area contributed by atoms with Gasteiger partial charge in [0.1, 0.15) is 6.61 Å². The van der Waals surface area contributed by atoms with Crippen molar-refractivity contribution in [1.29, 1.82) is 0 Å². The van der Waals surface area contributed by atoms with E-state index in [1.165, 1.54) is 11.1 Å². The fourth-order valence-corrected chi connectivity index (χ4v) is 2.89. The highest BCUT2D eigenvalue weighted by Crippen LogP contribution is 2.29. The Labute approximate surface area is 162 Å². The van der Waals surface area contributed by atoms with E-state index in [1.54, 1.807) is 0 Å². The van der Waals surface area contributed by atoms with Gasteiger partial charge in [-0.3, -0.25) is 0 Å². The van der Waals surface area contributed by atoms with E-state index in [0.29, 0.717) is 13.2 Å². The summed E-state index contributed by atoms with van der Waals surface area (Å²) in [5.41, 5.74) is 5.91. The SMILES string of the molecule is CCOc1cc(CNc2ccc(C)cc2)ccc1OCc1cccc(C)c1. The van der Waals surface area contributed by atoms with Gasteiger partial charge in [0.05, 0.1) is 6.61 Å². The molecule has 0 fully saturated rings. The van der Waals surface area contributed by atoms with E-state index in [4.69, 9.17) is 9.47 Å². The highest BCUT2D eigenvalue weighted by Gasteiger charge is 2.07. The second-order valence-electron chi connectivity index (χ2n) is 6.71. The first kappa shape index (κ1) is 18.8. The number of hydrogen-bond donors (Lipinski definition) is 1. The molecule has 3 rings (SSSR count). The van der Waals surface area contributed by atoms with Crippen LogP contribution in [0.2, 0.25) is 0 Å². The van der Waals surface area contributed by atoms with Crippen molar-refractivity contribution in [3.8, 4) is 11.5 Å². The molecule has 3 aromatic rings. The first-order valence-corrected chi connectivity index (χ1v) is 9.38. The first-order chi connectivity index (χ1) is 13.1. The number of benzene rings is 3. The van der Waals surface area contributed by atoms with Gasteiger partial charge in [0.2, 0.25) is 0 Å². The lowest BCUT2D eigenvalue weighted by molar-refractivity contribution is 0.269. The van der Waals surface area contributed by atoms with Crippen LogP contribution in [-0.2, 0) is 13.2 Å². The van der Waals surface area contributed by atoms with Gasteiger partial charge in [0.25, 0.3) is 0 Å². The zero-order valence-electron chi connectivity index (χ0n) is 16.3. The van der Waals surface area contributed by atoms with Crippen LogP contribution in [0.1, 0.15) is 29.2 Å². The van der Waals surface area contributed by atoms with Gasteiger partial charge in [-0.2, -0.15) is 0 Å². The maximum atomic E-state index is 6.02. The molecular formula is C24H27NO2. The predicted molar refractivity (Wildman–Crippen MR) is 112 cm³/mol. The third-order valence-electron chi connectivity index (χ3n) is 4.33. The van der Waals surface area contributed by atoms with Crippen molar-refractivity contribution < 1.29 is 9.47 Å². The zero-order chi connectivity index (χ0) is 19.1. The van der Waals surface area contributed by atoms with Crippen LogP contribution in [0.15, 0.2) is 66.7 Å². The van der Waals surface area contributed by atoms with Crippen molar-refractivity contribution in [2.24, 2.45) is 0 Å². The maximum absolute atomic E-state index is 6.02. The lowest BCUT2D eigenvalue weighted by atomic mass is 10.1. The molecule has 0 unspecified atom stereocenters. The van der Waals surface area contributed by atoms with E-state index in [2.05, 4.69) is 79.8 Å². The summed E-state index contributed by atoms with van der Waals surface area (Å²) in [6.07, 6.45) is 0. The minimum Gasteiger partial charge on any atom is -0.490 e. The van der Waals surface area contributed by atoms with Gasteiger partial charge >= 0.3 is 0 Å². The minimum atomic E-state index is 0.530. The molecule has 3 aromatic carbocycles. The molecule has 0 aromatic heterocycles. The molecule has 0 saturated carbocycles. The Kier molecular flexibility index (Phi) is 6.37. The highest BCUT2D eigenvalue weighted by atomic mass is 16.5. The summed E-state index contributed by atoms with van der Waals surface area (Å²) in [6, 6.07) is 22.9. The molecule has 0 saturated heterocycles. The molecule has 3 nitrogen and oxygen atoms in total. The van der Waals surface area contributed by atoms with Gasteiger partial charge in [-0.15, -0.1) is 0 Å². The Morgan fingerprint density at radius 1 is 0.741 bits per heavy atom. The van der Waals surface area contributed by atoms with E-state index >= 15 is 0 Å². The van der Waals surface area contributed by atoms with Crippen molar-refractivity contribution in [2.45, 2.75) is 33.9 Å². The molecule has 0 amide bonds. The molecule has 0 aliphatic rings. The summed E-state index contributed by atoms with van der Waals surface area (Å²) in [5.74, 6) is 1.56. The standard InChI is InChI=1S/C24H27NO2/c1-4-26-24-15-20(16-25-22-11-8-18(2)9-12-22)10-13-23(24)27-17-21-7-5-6-19(3)14-21/h5-15,25H,4,16-17H2,1-3H3. The molecule has 140 valence electrons. The fraction of sp³-hybridized carbons (Fsp3) is 0.250. The Bertz CT molecular complexity index is 872. The van der Waals surface area contributed by atoms with Crippen molar-refractivity contribution in [3.63, 3.8) is 0 Å². The molecular weight excluding hydrogens is 334 g/mol. The Balaban J connectivity index is 1.67. The van der Waals surface area contributed by atoms with Crippen LogP contribution in [0.5, 0.6) is 11.5 Å². The van der Waals surface area contributed by atoms with E-state index in [0.717, 1.165) is 34.9 Å². The lowest BCUT2D eigenvalue weighted by Gasteiger charge is -2.14. The average molecular weight is 361 g/mol. The number of nitrogens with one attached hydrogen (secondary N) is 1. The van der Waals surface area contributed by atoms with Crippen LogP contribution in [0, 0.1) is 13.8 Å². The van der Waals surface area contributed by atoms with Gasteiger partial charge in [-0.1, -0.05) is 53.6 Å². The first-order valence-electron chi connectivity index (χ1n) is 9.38. The van der Waals surface area contributed by atoms with Crippen LogP contribution < -0.4 is 14.8 Å². The normalized spacial score (nSPS) is 10.5. The second kappa shape index (κ2) is 9.13. The third kappa shape index (κ3) is 5.52. The Morgan fingerprint density at radius 2 is 1.56 bits per heavy atom. The van der Waals surface area contributed by atoms with E-state index in [1.807, 2.05) is 13.0 Å². The number of anilines is 1. The van der Waals surface area contributed by atoms with Crippen molar-refractivity contribution in [2.75, 3.05) is 11.9 Å². The van der Waals surface area contributed by atoms with Crippen molar-refractivity contribution >= 4 is 5.69 Å². The molecule has 0 aliphatic carbocycles. The number of hydrogen-bond acceptors (Lipinski definition) is 3. The summed E-state index contributed by atoms with van der Waals surface area (Å²) >= 11 is 0. The van der Waals surface area contributed by atoms with Gasteiger partial charge < -0.3 is 14.8 Å². The smallest absolute Gasteiger partial charge is 0.161 e. The van der Waals surface area contributed by atoms with Gasteiger partial charge in [0.15, 0.2) is 11.5 Å². The molecule has 3 heteroatoms. The quantitative estimate of drug-likeness (QED) is 0.542. The van der Waals surface area contributed by atoms with E-state index in [9.17, 15) is 0 Å². The average Bonchev–Trinajstić information content (AvgIpc) is 2.67. The van der Waals surface area contributed by atoms with Gasteiger partial charge in [-0.05, 0) is 56.2 Å². The van der Waals surface area contributed by atoms with Crippen molar-refractivity contribution in [1.82, 2.24) is 0 Å². The van der Waals surface area contributed by atoms with Gasteiger partial charge in [0, 0.05) is 12.2 Å². The number of rotatable bonds is 8. The summed E-state index contributed by atoms with van der Waals surface area (Å²) < 4.78 is 11.8.